The van der Waals surface area contributed by atoms with Crippen LogP contribution in [0.25, 0.3) is 0 Å². The molecule has 6 rings (SSSR count). The Hall–Kier alpha value is -4.38. The second-order valence-electron chi connectivity index (χ2n) is 10.3. The molecule has 1 atom stereocenters. The van der Waals surface area contributed by atoms with Crippen molar-refractivity contribution in [1.82, 2.24) is 20.0 Å². The van der Waals surface area contributed by atoms with Crippen LogP contribution in [0, 0.1) is 0 Å². The minimum absolute atomic E-state index is 0.151. The van der Waals surface area contributed by atoms with Gasteiger partial charge in [0.25, 0.3) is 0 Å². The lowest BCUT2D eigenvalue weighted by Crippen LogP contribution is -2.49. The Balaban J connectivity index is 1.19. The number of rotatable bonds is 4. The molecule has 11 heteroatoms. The number of benzene rings is 2. The van der Waals surface area contributed by atoms with Gasteiger partial charge >= 0.3 is 12.1 Å². The quantitative estimate of drug-likeness (QED) is 0.524. The van der Waals surface area contributed by atoms with Crippen molar-refractivity contribution in [2.75, 3.05) is 66.8 Å². The number of hydrogen-bond donors (Lipinski definition) is 2. The Labute approximate surface area is 227 Å². The number of aromatic nitrogens is 2. The molecule has 3 aromatic rings. The molecule has 202 valence electrons. The molecule has 0 spiro atoms. The van der Waals surface area contributed by atoms with Gasteiger partial charge in [0.1, 0.15) is 5.69 Å². The summed E-state index contributed by atoms with van der Waals surface area (Å²) in [5, 5.41) is 21.8. The van der Waals surface area contributed by atoms with Crippen LogP contribution in [-0.4, -0.2) is 84.0 Å². The van der Waals surface area contributed by atoms with Gasteiger partial charge in [-0.2, -0.15) is 0 Å². The molecule has 3 aliphatic rings. The van der Waals surface area contributed by atoms with E-state index in [1.54, 1.807) is 22.9 Å². The molecule has 11 nitrogen and oxygen atoms in total. The van der Waals surface area contributed by atoms with Crippen molar-refractivity contribution in [3.63, 3.8) is 0 Å². The van der Waals surface area contributed by atoms with Gasteiger partial charge in [0.15, 0.2) is 5.82 Å². The van der Waals surface area contributed by atoms with Crippen LogP contribution >= 0.6 is 0 Å². The maximum absolute atomic E-state index is 13.5. The molecule has 4 heterocycles. The Morgan fingerprint density at radius 1 is 0.949 bits per heavy atom. The molecule has 1 unspecified atom stereocenters. The van der Waals surface area contributed by atoms with Crippen molar-refractivity contribution < 1.29 is 14.7 Å². The van der Waals surface area contributed by atoms with E-state index in [1.807, 2.05) is 36.4 Å². The number of nitrogens with one attached hydrogen (secondary N) is 1. The number of urea groups is 1. The molecule has 1 aromatic heterocycles. The summed E-state index contributed by atoms with van der Waals surface area (Å²) in [5.74, 6) is 0.564. The maximum Gasteiger partial charge on any atom is 0.411 e. The normalized spacial score (nSPS) is 19.5. The molecule has 2 aromatic carbocycles. The van der Waals surface area contributed by atoms with E-state index in [1.165, 1.54) is 10.6 Å². The molecule has 39 heavy (non-hydrogen) atoms. The summed E-state index contributed by atoms with van der Waals surface area (Å²) in [6, 6.07) is 17.1. The van der Waals surface area contributed by atoms with Gasteiger partial charge in [-0.1, -0.05) is 18.2 Å². The summed E-state index contributed by atoms with van der Waals surface area (Å²) in [4.78, 5) is 34.7. The van der Waals surface area contributed by atoms with Gasteiger partial charge in [-0.25, -0.2) is 9.59 Å². The van der Waals surface area contributed by atoms with Crippen LogP contribution in [0.4, 0.5) is 38.2 Å². The lowest BCUT2D eigenvalue weighted by molar-refractivity contribution is 0.165. The van der Waals surface area contributed by atoms with Crippen LogP contribution in [0.2, 0.25) is 0 Å². The Kier molecular flexibility index (Phi) is 6.43. The zero-order chi connectivity index (χ0) is 27.1. The number of fused-ring (bicyclic) bond motifs is 2. The van der Waals surface area contributed by atoms with E-state index in [-0.39, 0.29) is 12.1 Å². The van der Waals surface area contributed by atoms with Gasteiger partial charge < -0.3 is 25.1 Å². The predicted octanol–water partition coefficient (Wildman–Crippen LogP) is 3.97. The number of carbonyl (C=O) groups is 2. The second kappa shape index (κ2) is 10.1. The number of anilines is 5. The van der Waals surface area contributed by atoms with Crippen LogP contribution in [0.3, 0.4) is 0 Å². The lowest BCUT2D eigenvalue weighted by Gasteiger charge is -2.42. The van der Waals surface area contributed by atoms with Crippen molar-refractivity contribution in [2.45, 2.75) is 19.0 Å². The van der Waals surface area contributed by atoms with Crippen molar-refractivity contribution in [2.24, 2.45) is 0 Å². The van der Waals surface area contributed by atoms with E-state index in [2.05, 4.69) is 44.5 Å². The van der Waals surface area contributed by atoms with E-state index in [4.69, 9.17) is 0 Å². The van der Waals surface area contributed by atoms with Gasteiger partial charge in [-0.3, -0.25) is 9.80 Å². The molecule has 0 saturated carbocycles. The number of piperazine rings is 1. The number of hydrogen-bond acceptors (Lipinski definition) is 7. The van der Waals surface area contributed by atoms with Crippen LogP contribution < -0.4 is 20.0 Å². The van der Waals surface area contributed by atoms with Crippen LogP contribution in [0.5, 0.6) is 0 Å². The zero-order valence-electron chi connectivity index (χ0n) is 22.1. The van der Waals surface area contributed by atoms with Crippen molar-refractivity contribution in [3.8, 4) is 0 Å². The number of para-hydroxylation sites is 1. The minimum atomic E-state index is -0.992. The van der Waals surface area contributed by atoms with Gasteiger partial charge in [0.2, 0.25) is 0 Å². The summed E-state index contributed by atoms with van der Waals surface area (Å²) in [6.07, 6.45) is -0.483. The average Bonchev–Trinajstić information content (AvgIpc) is 2.95. The third kappa shape index (κ3) is 4.69. The fraction of sp³-hybridized carbons (Fsp3) is 0.357. The number of likely N-dealkylation sites (N-methyl/N-ethyl adjacent to an activating group) is 1. The van der Waals surface area contributed by atoms with Gasteiger partial charge in [0, 0.05) is 57.2 Å². The molecule has 2 N–H and O–H groups in total. The topological polar surface area (TPSA) is 108 Å². The third-order valence-electron chi connectivity index (χ3n) is 7.89. The molecular formula is C28H32N8O3. The molecule has 3 aliphatic heterocycles. The van der Waals surface area contributed by atoms with Crippen molar-refractivity contribution >= 4 is 40.7 Å². The summed E-state index contributed by atoms with van der Waals surface area (Å²) in [6.45, 7) is 4.77. The number of amides is 3. The Morgan fingerprint density at radius 3 is 2.44 bits per heavy atom. The average molecular weight is 529 g/mol. The molecule has 0 aliphatic carbocycles. The van der Waals surface area contributed by atoms with E-state index in [0.29, 0.717) is 42.4 Å². The van der Waals surface area contributed by atoms with Crippen LogP contribution in [0.1, 0.15) is 23.7 Å². The minimum Gasteiger partial charge on any atom is -0.465 e. The second-order valence-corrected chi connectivity index (χ2v) is 10.3. The number of nitrogens with zero attached hydrogens (tertiary/aromatic N) is 7. The van der Waals surface area contributed by atoms with Crippen LogP contribution in [0.15, 0.2) is 54.6 Å². The SMILES string of the molecule is CN1CCN(c2ccc(Nc3cc4c(nn3)CN(C3CCN(C(=O)O)c5ccccc53)C(=O)N4C)cc2)CC1. The highest BCUT2D eigenvalue weighted by atomic mass is 16.4. The standard InChI is InChI=1S/C28H32N8O3/c1-32-13-15-34(16-14-32)20-9-7-19(8-10-20)29-26-17-25-22(30-31-26)18-36(27(37)33(25)2)24-11-12-35(28(38)39)23-6-4-3-5-21(23)24/h3-10,17,24H,11-16,18H2,1-2H3,(H,29,31)(H,38,39). The monoisotopic (exact) mass is 528 g/mol. The number of carboxylic acid groups (broad SMARTS) is 1. The first-order valence-electron chi connectivity index (χ1n) is 13.2. The Morgan fingerprint density at radius 2 is 1.69 bits per heavy atom. The van der Waals surface area contributed by atoms with E-state index >= 15 is 0 Å². The summed E-state index contributed by atoms with van der Waals surface area (Å²) in [7, 11) is 3.89. The van der Waals surface area contributed by atoms with Crippen LogP contribution in [-0.2, 0) is 6.54 Å². The molecule has 1 fully saturated rings. The van der Waals surface area contributed by atoms with Crippen molar-refractivity contribution in [1.29, 1.82) is 0 Å². The smallest absolute Gasteiger partial charge is 0.411 e. The van der Waals surface area contributed by atoms with Gasteiger partial charge in [-0.05, 0) is 49.4 Å². The maximum atomic E-state index is 13.5. The van der Waals surface area contributed by atoms with E-state index < -0.39 is 6.09 Å². The highest BCUT2D eigenvalue weighted by molar-refractivity contribution is 5.95. The predicted molar refractivity (Wildman–Crippen MR) is 150 cm³/mol. The fourth-order valence-electron chi connectivity index (χ4n) is 5.67. The highest BCUT2D eigenvalue weighted by Gasteiger charge is 2.39. The molecule has 1 saturated heterocycles. The first kappa shape index (κ1) is 24.9. The largest absolute Gasteiger partial charge is 0.465 e. The summed E-state index contributed by atoms with van der Waals surface area (Å²) < 4.78 is 0. The van der Waals surface area contributed by atoms with Crippen molar-refractivity contribution in [3.05, 3.63) is 65.9 Å². The van der Waals surface area contributed by atoms with E-state index in [0.717, 1.165) is 37.4 Å². The zero-order valence-corrected chi connectivity index (χ0v) is 22.1. The molecule has 0 bridgehead atoms. The van der Waals surface area contributed by atoms with Gasteiger partial charge in [0.05, 0.1) is 24.0 Å². The first-order valence-corrected chi connectivity index (χ1v) is 13.2. The fourth-order valence-corrected chi connectivity index (χ4v) is 5.67. The molecule has 0 radical (unpaired) electrons. The highest BCUT2D eigenvalue weighted by Crippen LogP contribution is 2.41. The third-order valence-corrected chi connectivity index (χ3v) is 7.89. The summed E-state index contributed by atoms with van der Waals surface area (Å²) >= 11 is 0. The molecule has 3 amide bonds. The first-order chi connectivity index (χ1) is 18.9. The van der Waals surface area contributed by atoms with Gasteiger partial charge in [-0.15, -0.1) is 10.2 Å². The number of carbonyl (C=O) groups excluding carboxylic acids is 1. The Bertz CT molecular complexity index is 1390. The molecular weight excluding hydrogens is 496 g/mol. The lowest BCUT2D eigenvalue weighted by atomic mass is 9.94. The van der Waals surface area contributed by atoms with E-state index in [9.17, 15) is 14.7 Å². The summed E-state index contributed by atoms with van der Waals surface area (Å²) in [5.41, 5.74) is 4.95.